The largest absolute Gasteiger partial charge is 0.328 e. The Morgan fingerprint density at radius 1 is 0.571 bits per heavy atom. The van der Waals surface area contributed by atoms with E-state index in [0.717, 1.165) is 0 Å². The fourth-order valence-electron chi connectivity index (χ4n) is 0.770. The highest BCUT2D eigenvalue weighted by Gasteiger charge is 2.10. The minimum absolute atomic E-state index is 0.352. The summed E-state index contributed by atoms with van der Waals surface area (Å²) in [5.41, 5.74) is 11.2. The van der Waals surface area contributed by atoms with Gasteiger partial charge in [0.05, 0.1) is 0 Å². The Bertz CT molecular complexity index is 103. The molecular formula is C12H30N2. The highest BCUT2D eigenvalue weighted by molar-refractivity contribution is 4.67. The molecule has 0 heterocycles. The zero-order valence-electron chi connectivity index (χ0n) is 11.0. The van der Waals surface area contributed by atoms with Gasteiger partial charge in [0.15, 0.2) is 0 Å². The highest BCUT2D eigenvalue weighted by Crippen LogP contribution is 2.07. The summed E-state index contributed by atoms with van der Waals surface area (Å²) in [6, 6.07) is 0.722. The standard InChI is InChI=1S/C7H17N.C5H13N/c1-5(2)7(8)6(3)4;1-4(2)5(3)6/h5-7H,8H2,1-4H3;4-5H,6H2,1-3H3/t;5-/m.1/s1. The third-order valence-corrected chi connectivity index (χ3v) is 2.59. The van der Waals surface area contributed by atoms with Gasteiger partial charge in [-0.25, -0.2) is 0 Å². The number of nitrogens with two attached hydrogens (primary N) is 2. The first-order valence-electron chi connectivity index (χ1n) is 5.71. The van der Waals surface area contributed by atoms with E-state index in [1.165, 1.54) is 0 Å². The normalized spacial score (nSPS) is 13.5. The van der Waals surface area contributed by atoms with Crippen LogP contribution in [0.4, 0.5) is 0 Å². The van der Waals surface area contributed by atoms with Crippen LogP contribution in [0.3, 0.4) is 0 Å². The van der Waals surface area contributed by atoms with Crippen LogP contribution in [0, 0.1) is 17.8 Å². The number of rotatable bonds is 3. The maximum atomic E-state index is 5.76. The van der Waals surface area contributed by atoms with E-state index in [1.54, 1.807) is 0 Å². The maximum absolute atomic E-state index is 5.76. The fraction of sp³-hybridized carbons (Fsp3) is 1.00. The molecule has 0 aliphatic rings. The Morgan fingerprint density at radius 3 is 0.786 bits per heavy atom. The first-order valence-corrected chi connectivity index (χ1v) is 5.71. The molecule has 0 aliphatic heterocycles. The lowest BCUT2D eigenvalue weighted by molar-refractivity contribution is 0.386. The van der Waals surface area contributed by atoms with Gasteiger partial charge in [0, 0.05) is 12.1 Å². The number of hydrogen-bond acceptors (Lipinski definition) is 2. The quantitative estimate of drug-likeness (QED) is 0.739. The van der Waals surface area contributed by atoms with Crippen molar-refractivity contribution in [1.82, 2.24) is 0 Å². The molecule has 88 valence electrons. The van der Waals surface area contributed by atoms with E-state index in [9.17, 15) is 0 Å². The average molecular weight is 202 g/mol. The van der Waals surface area contributed by atoms with Gasteiger partial charge >= 0.3 is 0 Å². The van der Waals surface area contributed by atoms with Crippen molar-refractivity contribution in [3.63, 3.8) is 0 Å². The summed E-state index contributed by atoms with van der Waals surface area (Å²) in [7, 11) is 0. The molecule has 0 rings (SSSR count). The molecule has 0 aromatic rings. The van der Waals surface area contributed by atoms with Gasteiger partial charge < -0.3 is 11.5 Å². The van der Waals surface area contributed by atoms with E-state index in [0.29, 0.717) is 29.8 Å². The Hall–Kier alpha value is -0.0800. The number of hydrogen-bond donors (Lipinski definition) is 2. The summed E-state index contributed by atoms with van der Waals surface area (Å²) in [4.78, 5) is 0. The smallest absolute Gasteiger partial charge is 0.00851 e. The van der Waals surface area contributed by atoms with Crippen LogP contribution in [0.2, 0.25) is 0 Å². The second-order valence-electron chi connectivity index (χ2n) is 5.17. The Balaban J connectivity index is 0. The zero-order chi connectivity index (χ0) is 11.9. The van der Waals surface area contributed by atoms with Crippen molar-refractivity contribution in [2.75, 3.05) is 0 Å². The second kappa shape index (κ2) is 8.25. The summed E-state index contributed by atoms with van der Waals surface area (Å²) in [6.45, 7) is 14.9. The van der Waals surface area contributed by atoms with E-state index in [1.807, 2.05) is 6.92 Å². The zero-order valence-corrected chi connectivity index (χ0v) is 11.0. The van der Waals surface area contributed by atoms with E-state index < -0.39 is 0 Å². The molecule has 0 saturated carbocycles. The van der Waals surface area contributed by atoms with E-state index in [4.69, 9.17) is 11.5 Å². The van der Waals surface area contributed by atoms with Crippen LogP contribution in [-0.4, -0.2) is 12.1 Å². The third kappa shape index (κ3) is 10.0. The minimum atomic E-state index is 0.352. The Kier molecular flexibility index (Phi) is 9.63. The molecule has 0 bridgehead atoms. The highest BCUT2D eigenvalue weighted by atomic mass is 14.6. The van der Waals surface area contributed by atoms with Gasteiger partial charge in [0.2, 0.25) is 0 Å². The van der Waals surface area contributed by atoms with Gasteiger partial charge in [-0.05, 0) is 24.7 Å². The van der Waals surface area contributed by atoms with Crippen LogP contribution in [0.15, 0.2) is 0 Å². The van der Waals surface area contributed by atoms with Crippen LogP contribution >= 0.6 is 0 Å². The van der Waals surface area contributed by atoms with Crippen molar-refractivity contribution in [3.8, 4) is 0 Å². The molecule has 4 N–H and O–H groups in total. The van der Waals surface area contributed by atoms with Gasteiger partial charge in [-0.2, -0.15) is 0 Å². The first kappa shape index (κ1) is 16.4. The summed E-state index contributed by atoms with van der Waals surface area (Å²) < 4.78 is 0. The minimum Gasteiger partial charge on any atom is -0.328 e. The van der Waals surface area contributed by atoms with Crippen LogP contribution in [0.5, 0.6) is 0 Å². The molecule has 0 aromatic carbocycles. The molecular weight excluding hydrogens is 172 g/mol. The van der Waals surface area contributed by atoms with Gasteiger partial charge in [-0.15, -0.1) is 0 Å². The molecule has 0 aliphatic carbocycles. The molecule has 0 radical (unpaired) electrons. The molecule has 0 saturated heterocycles. The van der Waals surface area contributed by atoms with Crippen molar-refractivity contribution >= 4 is 0 Å². The summed E-state index contributed by atoms with van der Waals surface area (Å²) in [5.74, 6) is 1.87. The topological polar surface area (TPSA) is 52.0 Å². The third-order valence-electron chi connectivity index (χ3n) is 2.59. The molecule has 0 amide bonds. The molecule has 0 fully saturated rings. The molecule has 0 aromatic heterocycles. The van der Waals surface area contributed by atoms with Crippen LogP contribution in [0.1, 0.15) is 48.5 Å². The van der Waals surface area contributed by atoms with Crippen molar-refractivity contribution in [3.05, 3.63) is 0 Å². The van der Waals surface area contributed by atoms with E-state index in [-0.39, 0.29) is 0 Å². The summed E-state index contributed by atoms with van der Waals surface area (Å²) >= 11 is 0. The van der Waals surface area contributed by atoms with Crippen molar-refractivity contribution in [1.29, 1.82) is 0 Å². The van der Waals surface area contributed by atoms with Gasteiger partial charge in [0.1, 0.15) is 0 Å². The first-order chi connectivity index (χ1) is 6.20. The molecule has 0 unspecified atom stereocenters. The molecule has 0 spiro atoms. The van der Waals surface area contributed by atoms with Crippen LogP contribution < -0.4 is 11.5 Å². The molecule has 2 nitrogen and oxygen atoms in total. The summed E-state index contributed by atoms with van der Waals surface area (Å²) in [5, 5.41) is 0. The summed E-state index contributed by atoms with van der Waals surface area (Å²) in [6.07, 6.45) is 0. The van der Waals surface area contributed by atoms with Crippen molar-refractivity contribution in [2.24, 2.45) is 29.2 Å². The molecule has 1 atom stereocenters. The van der Waals surface area contributed by atoms with Crippen LogP contribution in [0.25, 0.3) is 0 Å². The molecule has 14 heavy (non-hydrogen) atoms. The lowest BCUT2D eigenvalue weighted by atomic mass is 9.95. The SMILES string of the molecule is CC(C)C(N)C(C)C.CC(C)[C@@H](C)N. The Morgan fingerprint density at radius 2 is 0.786 bits per heavy atom. The lowest BCUT2D eigenvalue weighted by Gasteiger charge is -2.18. The van der Waals surface area contributed by atoms with E-state index >= 15 is 0 Å². The lowest BCUT2D eigenvalue weighted by Crippen LogP contribution is -2.31. The average Bonchev–Trinajstić information content (AvgIpc) is 2.03. The maximum Gasteiger partial charge on any atom is 0.00851 e. The monoisotopic (exact) mass is 202 g/mol. The second-order valence-corrected chi connectivity index (χ2v) is 5.17. The van der Waals surface area contributed by atoms with E-state index in [2.05, 4.69) is 41.5 Å². The van der Waals surface area contributed by atoms with Gasteiger partial charge in [0.25, 0.3) is 0 Å². The predicted octanol–water partition coefficient (Wildman–Crippen LogP) is 2.62. The van der Waals surface area contributed by atoms with Gasteiger partial charge in [-0.1, -0.05) is 41.5 Å². The fourth-order valence-corrected chi connectivity index (χ4v) is 0.770. The predicted molar refractivity (Wildman–Crippen MR) is 66.1 cm³/mol. The van der Waals surface area contributed by atoms with Crippen LogP contribution in [-0.2, 0) is 0 Å². The van der Waals surface area contributed by atoms with Crippen molar-refractivity contribution in [2.45, 2.75) is 60.5 Å². The molecule has 2 heteroatoms. The van der Waals surface area contributed by atoms with Crippen molar-refractivity contribution < 1.29 is 0 Å². The Labute approximate surface area is 90.4 Å². The van der Waals surface area contributed by atoms with Gasteiger partial charge in [-0.3, -0.25) is 0 Å².